The third-order valence-electron chi connectivity index (χ3n) is 2.23. The lowest BCUT2D eigenvalue weighted by Crippen LogP contribution is -2.55. The van der Waals surface area contributed by atoms with Crippen LogP contribution >= 0.6 is 0 Å². The second kappa shape index (κ2) is 3.59. The lowest BCUT2D eigenvalue weighted by molar-refractivity contribution is -0.119. The van der Waals surface area contributed by atoms with Gasteiger partial charge >= 0.3 is 0 Å². The first-order valence-corrected chi connectivity index (χ1v) is 4.08. The molecule has 66 valence electrons. The molecule has 0 radical (unpaired) electrons. The highest BCUT2D eigenvalue weighted by Crippen LogP contribution is 2.30. The Labute approximate surface area is 72.2 Å². The smallest absolute Gasteiger partial charge is 0.296 e. The molecule has 2 N–H and O–H groups in total. The summed E-state index contributed by atoms with van der Waals surface area (Å²) < 4.78 is 0. The molecule has 1 aliphatic carbocycles. The van der Waals surface area contributed by atoms with Crippen LogP contribution in [0, 0.1) is 11.8 Å². The summed E-state index contributed by atoms with van der Waals surface area (Å²) >= 11 is 0. The summed E-state index contributed by atoms with van der Waals surface area (Å²) in [6.45, 7) is 1.64. The van der Waals surface area contributed by atoms with E-state index in [9.17, 15) is 4.79 Å². The first kappa shape index (κ1) is 9.08. The minimum Gasteiger partial charge on any atom is -0.394 e. The Kier molecular flexibility index (Phi) is 2.72. The van der Waals surface area contributed by atoms with Gasteiger partial charge in [0, 0.05) is 0 Å². The Hall–Kier alpha value is -1.01. The van der Waals surface area contributed by atoms with Crippen molar-refractivity contribution in [1.82, 2.24) is 5.32 Å². The van der Waals surface area contributed by atoms with Crippen LogP contribution in [0.2, 0.25) is 0 Å². The fourth-order valence-corrected chi connectivity index (χ4v) is 1.31. The van der Waals surface area contributed by atoms with Crippen LogP contribution < -0.4 is 5.32 Å². The fraction of sp³-hybridized carbons (Fsp3) is 0.667. The highest BCUT2D eigenvalue weighted by atomic mass is 16.3. The predicted octanol–water partition coefficient (Wildman–Crippen LogP) is 0.0409. The molecule has 1 aliphatic rings. The summed E-state index contributed by atoms with van der Waals surface area (Å²) in [4.78, 5) is 11.0. The van der Waals surface area contributed by atoms with Crippen LogP contribution in [-0.2, 0) is 4.79 Å². The van der Waals surface area contributed by atoms with Gasteiger partial charge in [0.25, 0.3) is 5.91 Å². The number of rotatable bonds is 2. The maximum absolute atomic E-state index is 11.0. The molecule has 0 aromatic heterocycles. The molecule has 3 nitrogen and oxygen atoms in total. The van der Waals surface area contributed by atoms with Gasteiger partial charge in [0.1, 0.15) is 0 Å². The monoisotopic (exact) mass is 167 g/mol. The molecular weight excluding hydrogens is 154 g/mol. The zero-order chi connectivity index (χ0) is 9.03. The number of nitrogens with one attached hydrogen (secondary N) is 1. The summed E-state index contributed by atoms with van der Waals surface area (Å²) in [6.07, 6.45) is 2.79. The normalized spacial score (nSPS) is 18.5. The molecular formula is C9H13NO2. The molecule has 0 bridgehead atoms. The van der Waals surface area contributed by atoms with Crippen LogP contribution in [0.25, 0.3) is 0 Å². The molecule has 0 aliphatic heterocycles. The van der Waals surface area contributed by atoms with E-state index in [-0.39, 0.29) is 18.1 Å². The number of hydrogen-bond donors (Lipinski definition) is 2. The Morgan fingerprint density at radius 3 is 2.67 bits per heavy atom. The van der Waals surface area contributed by atoms with Gasteiger partial charge in [-0.25, -0.2) is 0 Å². The van der Waals surface area contributed by atoms with Crippen molar-refractivity contribution in [3.05, 3.63) is 0 Å². The molecule has 1 rings (SSSR count). The summed E-state index contributed by atoms with van der Waals surface area (Å²) in [5, 5.41) is 11.7. The lowest BCUT2D eigenvalue weighted by Gasteiger charge is -2.40. The summed E-state index contributed by atoms with van der Waals surface area (Å²) in [5.74, 6) is 4.63. The van der Waals surface area contributed by atoms with Crippen LogP contribution in [0.1, 0.15) is 26.2 Å². The van der Waals surface area contributed by atoms with Gasteiger partial charge in [0.2, 0.25) is 0 Å². The van der Waals surface area contributed by atoms with Crippen molar-refractivity contribution in [2.75, 3.05) is 6.61 Å². The molecule has 0 aromatic carbocycles. The van der Waals surface area contributed by atoms with E-state index in [0.717, 1.165) is 19.3 Å². The van der Waals surface area contributed by atoms with E-state index in [4.69, 9.17) is 5.11 Å². The van der Waals surface area contributed by atoms with Gasteiger partial charge in [-0.3, -0.25) is 4.79 Å². The van der Waals surface area contributed by atoms with E-state index in [2.05, 4.69) is 17.2 Å². The number of amides is 1. The minimum absolute atomic E-state index is 0.0180. The molecule has 0 saturated heterocycles. The van der Waals surface area contributed by atoms with Crippen molar-refractivity contribution in [3.8, 4) is 11.8 Å². The lowest BCUT2D eigenvalue weighted by atomic mass is 9.77. The first-order valence-electron chi connectivity index (χ1n) is 4.08. The topological polar surface area (TPSA) is 49.3 Å². The summed E-state index contributed by atoms with van der Waals surface area (Å²) in [5.41, 5.74) is -0.360. The molecule has 3 heteroatoms. The van der Waals surface area contributed by atoms with Gasteiger partial charge in [-0.2, -0.15) is 0 Å². The molecule has 1 amide bonds. The largest absolute Gasteiger partial charge is 0.394 e. The molecule has 0 spiro atoms. The van der Waals surface area contributed by atoms with E-state index < -0.39 is 0 Å². The van der Waals surface area contributed by atoms with Gasteiger partial charge in [0.15, 0.2) is 0 Å². The van der Waals surface area contributed by atoms with Crippen LogP contribution in [0.5, 0.6) is 0 Å². The van der Waals surface area contributed by atoms with Crippen LogP contribution in [0.15, 0.2) is 0 Å². The molecule has 12 heavy (non-hydrogen) atoms. The van der Waals surface area contributed by atoms with Crippen molar-refractivity contribution in [1.29, 1.82) is 0 Å². The Morgan fingerprint density at radius 1 is 1.67 bits per heavy atom. The molecule has 0 aromatic rings. The average Bonchev–Trinajstić information content (AvgIpc) is 1.97. The maximum atomic E-state index is 11.0. The van der Waals surface area contributed by atoms with Crippen LogP contribution in [0.3, 0.4) is 0 Å². The van der Waals surface area contributed by atoms with Gasteiger partial charge in [-0.1, -0.05) is 5.92 Å². The van der Waals surface area contributed by atoms with Crippen molar-refractivity contribution in [3.63, 3.8) is 0 Å². The van der Waals surface area contributed by atoms with Crippen LogP contribution in [0.4, 0.5) is 0 Å². The number of aliphatic hydroxyl groups excluding tert-OH is 1. The summed E-state index contributed by atoms with van der Waals surface area (Å²) in [6, 6.07) is 0. The van der Waals surface area contributed by atoms with E-state index in [1.54, 1.807) is 6.92 Å². The zero-order valence-electron chi connectivity index (χ0n) is 7.18. The molecule has 0 atom stereocenters. The van der Waals surface area contributed by atoms with Gasteiger partial charge < -0.3 is 10.4 Å². The number of carbonyl (C=O) groups excluding carboxylic acids is 1. The Balaban J connectivity index is 2.46. The Bertz CT molecular complexity index is 227. The van der Waals surface area contributed by atoms with Gasteiger partial charge in [-0.15, -0.1) is 0 Å². The van der Waals surface area contributed by atoms with E-state index >= 15 is 0 Å². The quantitative estimate of drug-likeness (QED) is 0.570. The Morgan fingerprint density at radius 2 is 2.33 bits per heavy atom. The third kappa shape index (κ3) is 1.77. The van der Waals surface area contributed by atoms with Crippen molar-refractivity contribution in [2.45, 2.75) is 31.7 Å². The zero-order valence-corrected chi connectivity index (χ0v) is 7.18. The van der Waals surface area contributed by atoms with E-state index in [1.807, 2.05) is 0 Å². The van der Waals surface area contributed by atoms with E-state index in [1.165, 1.54) is 0 Å². The average molecular weight is 167 g/mol. The number of carbonyl (C=O) groups is 1. The first-order chi connectivity index (χ1) is 5.72. The van der Waals surface area contributed by atoms with Crippen LogP contribution in [-0.4, -0.2) is 23.2 Å². The molecule has 0 unspecified atom stereocenters. The van der Waals surface area contributed by atoms with Crippen molar-refractivity contribution >= 4 is 5.91 Å². The van der Waals surface area contributed by atoms with Crippen molar-refractivity contribution < 1.29 is 9.90 Å². The number of aliphatic hydroxyl groups is 1. The highest BCUT2D eigenvalue weighted by molar-refractivity contribution is 5.94. The highest BCUT2D eigenvalue weighted by Gasteiger charge is 2.37. The second-order valence-electron chi connectivity index (χ2n) is 3.12. The predicted molar refractivity (Wildman–Crippen MR) is 45.3 cm³/mol. The molecule has 0 heterocycles. The summed E-state index contributed by atoms with van der Waals surface area (Å²) in [7, 11) is 0. The minimum atomic E-state index is -0.360. The molecule has 1 saturated carbocycles. The van der Waals surface area contributed by atoms with Crippen molar-refractivity contribution in [2.24, 2.45) is 0 Å². The fourth-order valence-electron chi connectivity index (χ4n) is 1.31. The maximum Gasteiger partial charge on any atom is 0.296 e. The second-order valence-corrected chi connectivity index (χ2v) is 3.12. The van der Waals surface area contributed by atoms with Gasteiger partial charge in [0.05, 0.1) is 12.1 Å². The van der Waals surface area contributed by atoms with E-state index in [0.29, 0.717) is 0 Å². The standard InChI is InChI=1S/C9H13NO2/c1-2-4-8(12)10-9(7-11)5-3-6-9/h11H,3,5-7H2,1H3,(H,10,12). The van der Waals surface area contributed by atoms with Gasteiger partial charge in [-0.05, 0) is 32.1 Å². The third-order valence-corrected chi connectivity index (χ3v) is 2.23. The number of hydrogen-bond acceptors (Lipinski definition) is 2. The SMILES string of the molecule is CC#CC(=O)NC1(CO)CCC1. The molecule has 1 fully saturated rings.